The summed E-state index contributed by atoms with van der Waals surface area (Å²) >= 11 is 8.22. The van der Waals surface area contributed by atoms with Gasteiger partial charge in [-0.2, -0.15) is 0 Å². The predicted octanol–water partition coefficient (Wildman–Crippen LogP) is 7.40. The van der Waals surface area contributed by atoms with Gasteiger partial charge in [0.2, 0.25) is 0 Å². The summed E-state index contributed by atoms with van der Waals surface area (Å²) in [6.07, 6.45) is 13.3. The van der Waals surface area contributed by atoms with Crippen molar-refractivity contribution in [3.8, 4) is 11.5 Å². The third-order valence-electron chi connectivity index (χ3n) is 4.68. The van der Waals surface area contributed by atoms with Crippen molar-refractivity contribution in [1.82, 2.24) is 0 Å². The molecule has 0 spiro atoms. The Kier molecular flexibility index (Phi) is 6.10. The van der Waals surface area contributed by atoms with Crippen LogP contribution in [0.25, 0.3) is 0 Å². The number of halogens is 4. The Morgan fingerprint density at radius 3 is 1.52 bits per heavy atom. The fourth-order valence-electron chi connectivity index (χ4n) is 3.30. The van der Waals surface area contributed by atoms with Gasteiger partial charge < -0.3 is 0 Å². The molecular weight excluding hydrogens is 496 g/mol. The Balaban J connectivity index is 1.83. The maximum atomic E-state index is 13.6. The minimum absolute atomic E-state index is 0.165. The average Bonchev–Trinajstić information content (AvgIpc) is 3.39. The molecule has 7 heteroatoms. The first-order valence-electron chi connectivity index (χ1n) is 8.98. The zero-order valence-electron chi connectivity index (χ0n) is 15.2. The van der Waals surface area contributed by atoms with Crippen LogP contribution in [0.5, 0.6) is 11.5 Å². The van der Waals surface area contributed by atoms with E-state index in [9.17, 15) is 8.78 Å². The first-order chi connectivity index (χ1) is 14.0. The van der Waals surface area contributed by atoms with Crippen LogP contribution in [0.3, 0.4) is 0 Å². The van der Waals surface area contributed by atoms with Gasteiger partial charge in [-0.25, -0.2) is 0 Å². The molecule has 29 heavy (non-hydrogen) atoms. The number of allylic oxidation sites excluding steroid dienone is 8. The fourth-order valence-corrected chi connectivity index (χ4v) is 12.3. The van der Waals surface area contributed by atoms with Gasteiger partial charge >= 0.3 is 184 Å². The van der Waals surface area contributed by atoms with Gasteiger partial charge in [-0.3, -0.25) is 0 Å². The molecule has 148 valence electrons. The van der Waals surface area contributed by atoms with E-state index in [0.717, 1.165) is 6.56 Å². The van der Waals surface area contributed by atoms with Gasteiger partial charge in [0.15, 0.2) is 0 Å². The summed E-state index contributed by atoms with van der Waals surface area (Å²) in [6.45, 7) is 0. The van der Waals surface area contributed by atoms with Gasteiger partial charge in [-0.15, -0.1) is 0 Å². The predicted molar refractivity (Wildman–Crippen MR) is 108 cm³/mol. The quantitative estimate of drug-likeness (QED) is 0.402. The molecule has 0 amide bonds. The summed E-state index contributed by atoms with van der Waals surface area (Å²) in [5.41, 5.74) is 0. The van der Waals surface area contributed by atoms with Crippen molar-refractivity contribution in [2.75, 3.05) is 0 Å². The first kappa shape index (κ1) is 20.6. The standard InChI is InChI=1S/2C6H4ClFO.2C5H5.Zr/c2*7-5-3-4(8)1-2-6(5)9;2*1-2-4-5-3-1;/h2*1-3,9H;2*1-3H,4H2;/q;;;;+2/p-2. The van der Waals surface area contributed by atoms with Crippen molar-refractivity contribution in [1.29, 1.82) is 0 Å². The second-order valence-corrected chi connectivity index (χ2v) is 14.6. The molecule has 0 radical (unpaired) electrons. The Morgan fingerprint density at radius 1 is 0.724 bits per heavy atom. The Labute approximate surface area is 183 Å². The van der Waals surface area contributed by atoms with E-state index in [0.29, 0.717) is 24.3 Å². The van der Waals surface area contributed by atoms with Crippen molar-refractivity contribution in [3.05, 3.63) is 101 Å². The van der Waals surface area contributed by atoms with Crippen LogP contribution in [-0.2, 0) is 21.1 Å². The van der Waals surface area contributed by atoms with Crippen LogP contribution in [0.2, 0.25) is 10.0 Å². The van der Waals surface area contributed by atoms with E-state index in [4.69, 9.17) is 28.8 Å². The van der Waals surface area contributed by atoms with Crippen LogP contribution >= 0.6 is 23.2 Å². The van der Waals surface area contributed by atoms with E-state index >= 15 is 0 Å². The summed E-state index contributed by atoms with van der Waals surface area (Å²) in [6, 6.07) is 8.02. The van der Waals surface area contributed by atoms with Crippen LogP contribution in [0.1, 0.15) is 12.8 Å². The number of benzene rings is 2. The van der Waals surface area contributed by atoms with Crippen LogP contribution in [0, 0.1) is 11.6 Å². The second-order valence-electron chi connectivity index (χ2n) is 6.62. The maximum absolute atomic E-state index is 13.6. The van der Waals surface area contributed by atoms with Crippen LogP contribution in [0.15, 0.2) is 79.4 Å². The summed E-state index contributed by atoms with van der Waals surface area (Å²) in [4.78, 5) is 0. The molecular formula is C22H16Cl2F2O2Zr. The molecule has 2 aliphatic carbocycles. The summed E-state index contributed by atoms with van der Waals surface area (Å²) in [5.74, 6) is -0.200. The molecule has 0 fully saturated rings. The van der Waals surface area contributed by atoms with Crippen molar-refractivity contribution in [2.24, 2.45) is 0 Å². The van der Waals surface area contributed by atoms with E-state index in [1.54, 1.807) is 0 Å². The molecule has 0 saturated heterocycles. The third kappa shape index (κ3) is 4.28. The zero-order valence-corrected chi connectivity index (χ0v) is 19.1. The topological polar surface area (TPSA) is 18.5 Å². The molecule has 4 rings (SSSR count). The van der Waals surface area contributed by atoms with Gasteiger partial charge in [0.1, 0.15) is 0 Å². The van der Waals surface area contributed by atoms with Crippen molar-refractivity contribution in [3.63, 3.8) is 0 Å². The average molecular weight is 512 g/mol. The summed E-state index contributed by atoms with van der Waals surface area (Å²) < 4.78 is 42.3. The fraction of sp³-hybridized carbons (Fsp3) is 0.0909. The summed E-state index contributed by atoms with van der Waals surface area (Å²) in [5, 5.41) is 0.330. The van der Waals surface area contributed by atoms with Gasteiger partial charge in [-0.05, 0) is 0 Å². The first-order valence-corrected chi connectivity index (χ1v) is 14.2. The van der Waals surface area contributed by atoms with E-state index in [1.165, 1.54) is 36.4 Å². The molecule has 0 aliphatic heterocycles. The summed E-state index contributed by atoms with van der Waals surface area (Å²) in [7, 11) is 0. The van der Waals surface area contributed by atoms with E-state index in [2.05, 4.69) is 0 Å². The number of hydrogen-bond donors (Lipinski definition) is 0. The zero-order chi connectivity index (χ0) is 20.4. The molecule has 0 heterocycles. The molecule has 0 unspecified atom stereocenters. The molecule has 2 aromatic rings. The van der Waals surface area contributed by atoms with Crippen molar-refractivity contribution in [2.45, 2.75) is 12.8 Å². The SMILES string of the molecule is Fc1ccc([O][Zr]([O]c2ccc(F)cc2Cl)([C]2=CC=CC2)[C]2=CC=CC2)c(Cl)c1. The second kappa shape index (κ2) is 8.59. The van der Waals surface area contributed by atoms with Gasteiger partial charge in [0.25, 0.3) is 0 Å². The Morgan fingerprint density at radius 2 is 1.17 bits per heavy atom. The van der Waals surface area contributed by atoms with Gasteiger partial charge in [0.05, 0.1) is 0 Å². The monoisotopic (exact) mass is 510 g/mol. The van der Waals surface area contributed by atoms with Crippen LogP contribution in [-0.4, -0.2) is 0 Å². The molecule has 0 aromatic heterocycles. The molecule has 2 aliphatic rings. The molecule has 0 bridgehead atoms. The molecule has 0 atom stereocenters. The van der Waals surface area contributed by atoms with E-state index in [1.807, 2.05) is 36.5 Å². The third-order valence-corrected chi connectivity index (χ3v) is 13.7. The van der Waals surface area contributed by atoms with Gasteiger partial charge in [-0.1, -0.05) is 0 Å². The normalized spacial score (nSPS) is 15.4. The number of hydrogen-bond acceptors (Lipinski definition) is 2. The van der Waals surface area contributed by atoms with Crippen LogP contribution in [0.4, 0.5) is 8.78 Å². The molecule has 2 nitrogen and oxygen atoms in total. The molecule has 0 N–H and O–H groups in total. The van der Waals surface area contributed by atoms with Gasteiger partial charge in [0, 0.05) is 0 Å². The van der Waals surface area contributed by atoms with Crippen LogP contribution < -0.4 is 5.63 Å². The Bertz CT molecular complexity index is 991. The Hall–Kier alpha value is -1.68. The van der Waals surface area contributed by atoms with Crippen molar-refractivity contribution < 1.29 is 35.6 Å². The molecule has 2 aromatic carbocycles. The molecule has 0 saturated carbocycles. The van der Waals surface area contributed by atoms with E-state index in [-0.39, 0.29) is 10.0 Å². The van der Waals surface area contributed by atoms with Crippen molar-refractivity contribution >= 4 is 23.2 Å². The minimum atomic E-state index is -4.32. The number of rotatable bonds is 6. The van der Waals surface area contributed by atoms with E-state index < -0.39 is 32.8 Å².